The molecule has 0 aromatic rings. The van der Waals surface area contributed by atoms with Crippen molar-refractivity contribution in [2.24, 2.45) is 5.89 Å². The van der Waals surface area contributed by atoms with Crippen molar-refractivity contribution in [1.82, 2.24) is 0 Å². The Morgan fingerprint density at radius 2 is 2.83 bits per heavy atom. The van der Waals surface area contributed by atoms with E-state index in [9.17, 15) is 0 Å². The van der Waals surface area contributed by atoms with Gasteiger partial charge >= 0.3 is 0 Å². The minimum atomic E-state index is -0.278. The molecule has 0 aromatic carbocycles. The quantitative estimate of drug-likeness (QED) is 0.429. The van der Waals surface area contributed by atoms with Crippen LogP contribution in [-0.4, -0.2) is 13.2 Å². The highest BCUT2D eigenvalue weighted by Crippen LogP contribution is 2.09. The van der Waals surface area contributed by atoms with Crippen molar-refractivity contribution < 1.29 is 6.11 Å². The van der Waals surface area contributed by atoms with Crippen molar-refractivity contribution in [2.75, 3.05) is 13.2 Å². The summed E-state index contributed by atoms with van der Waals surface area (Å²) in [5.74, 6) is -0.278. The van der Waals surface area contributed by atoms with Gasteiger partial charge in [-0.05, 0) is 12.3 Å². The molecule has 1 rings (SSSR count). The van der Waals surface area contributed by atoms with Crippen LogP contribution in [-0.2, 0) is 4.74 Å². The number of ether oxygens (including phenoxy) is 1. The van der Waals surface area contributed by atoms with Crippen LogP contribution in [0.1, 0.15) is 14.7 Å². The average Bonchev–Trinajstić information content (AvgIpc) is 1.84. The summed E-state index contributed by atoms with van der Waals surface area (Å²) in [6.45, 7) is 3.30. The zero-order valence-corrected chi connectivity index (χ0v) is 4.03. The van der Waals surface area contributed by atoms with Crippen LogP contribution in [0.25, 0.3) is 0 Å². The van der Waals surface area contributed by atoms with E-state index < -0.39 is 0 Å². The summed E-state index contributed by atoms with van der Waals surface area (Å²) < 4.78 is 12.3. The lowest BCUT2D eigenvalue weighted by Gasteiger charge is -1.89. The molecule has 0 spiro atoms. The maximum absolute atomic E-state index is 7.36. The van der Waals surface area contributed by atoms with Gasteiger partial charge in [0.1, 0.15) is 0 Å². The van der Waals surface area contributed by atoms with Crippen LogP contribution in [0.2, 0.25) is 0 Å². The summed E-state index contributed by atoms with van der Waals surface area (Å²) in [6.07, 6.45) is 0.896. The highest BCUT2D eigenvalue weighted by atomic mass is 16.5. The molecule has 1 heterocycles. The van der Waals surface area contributed by atoms with Gasteiger partial charge in [0.15, 0.2) is 0 Å². The molecule has 6 heavy (non-hydrogen) atoms. The van der Waals surface area contributed by atoms with Crippen molar-refractivity contribution in [1.29, 1.82) is 0 Å². The third-order valence-electron chi connectivity index (χ3n) is 1.02. The summed E-state index contributed by atoms with van der Waals surface area (Å²) >= 11 is 0. The topological polar surface area (TPSA) is 9.23 Å². The fourth-order valence-corrected chi connectivity index (χ4v) is 0.565. The van der Waals surface area contributed by atoms with Crippen LogP contribution < -0.4 is 0 Å². The van der Waals surface area contributed by atoms with E-state index in [1.807, 2.05) is 6.92 Å². The Morgan fingerprint density at radius 1 is 2.00 bits per heavy atom. The molecule has 0 N–H and O–H groups in total. The van der Waals surface area contributed by atoms with E-state index in [0.717, 1.165) is 13.0 Å². The molecule has 1 heteroatoms. The molecule has 0 bridgehead atoms. The molecule has 0 saturated carbocycles. The molecule has 0 radical (unpaired) electrons. The Kier molecular flexibility index (Phi) is 0.810. The van der Waals surface area contributed by atoms with Crippen LogP contribution in [0.4, 0.5) is 0 Å². The monoisotopic (exact) mass is 87.1 g/mol. The van der Waals surface area contributed by atoms with Gasteiger partial charge in [0, 0.05) is 14.6 Å². The van der Waals surface area contributed by atoms with Gasteiger partial charge in [-0.3, -0.25) is 0 Å². The lowest BCUT2D eigenvalue weighted by Crippen LogP contribution is -1.88. The summed E-state index contributed by atoms with van der Waals surface area (Å²) in [6, 6.07) is 0. The van der Waals surface area contributed by atoms with E-state index in [1.165, 1.54) is 0 Å². The molecular formula is C5H10O. The van der Waals surface area contributed by atoms with Crippen molar-refractivity contribution in [2.45, 2.75) is 13.3 Å². The minimum Gasteiger partial charge on any atom is -0.381 e. The Balaban J connectivity index is 2.40. The fraction of sp³-hybridized carbons (Fsp3) is 1.00. The lowest BCUT2D eigenvalue weighted by molar-refractivity contribution is 0.188. The van der Waals surface area contributed by atoms with Crippen molar-refractivity contribution >= 4 is 0 Å². The highest BCUT2D eigenvalue weighted by Gasteiger charge is 2.07. The first-order valence-corrected chi connectivity index (χ1v) is 2.28. The molecule has 0 aliphatic carbocycles. The molecule has 1 aliphatic rings. The predicted molar refractivity (Wildman–Crippen MR) is 24.6 cm³/mol. The number of rotatable bonds is 0. The van der Waals surface area contributed by atoms with Crippen molar-refractivity contribution in [3.63, 3.8) is 0 Å². The molecule has 1 nitrogen and oxygen atoms in total. The van der Waals surface area contributed by atoms with Gasteiger partial charge in [0.25, 0.3) is 0 Å². The van der Waals surface area contributed by atoms with Gasteiger partial charge in [-0.1, -0.05) is 6.92 Å². The van der Waals surface area contributed by atoms with Crippen LogP contribution >= 0.6 is 0 Å². The maximum Gasteiger partial charge on any atom is 0.0492 e. The molecule has 0 aromatic heterocycles. The Morgan fingerprint density at radius 3 is 3.00 bits per heavy atom. The number of hydrogen-bond acceptors (Lipinski definition) is 1. The van der Waals surface area contributed by atoms with Gasteiger partial charge in [-0.2, -0.15) is 0 Å². The first-order chi connectivity index (χ1) is 3.21. The van der Waals surface area contributed by atoms with Crippen LogP contribution in [0.15, 0.2) is 0 Å². The molecule has 36 valence electrons. The second-order valence-corrected chi connectivity index (χ2v) is 1.76. The second-order valence-electron chi connectivity index (χ2n) is 1.76. The first-order valence-electron chi connectivity index (χ1n) is 2.78. The maximum atomic E-state index is 7.36. The van der Waals surface area contributed by atoms with E-state index in [0.29, 0.717) is 6.61 Å². The van der Waals surface area contributed by atoms with E-state index >= 15 is 0 Å². The zero-order valence-electron chi connectivity index (χ0n) is 5.03. The second kappa shape index (κ2) is 1.61. The molecule has 1 aliphatic heterocycles. The Hall–Kier alpha value is -0.0400. The first kappa shape index (κ1) is 3.03. The van der Waals surface area contributed by atoms with Crippen LogP contribution in [0.3, 0.4) is 0 Å². The van der Waals surface area contributed by atoms with E-state index in [2.05, 4.69) is 0 Å². The lowest BCUT2D eigenvalue weighted by atomic mass is 10.2. The molecule has 1 fully saturated rings. The minimum absolute atomic E-state index is 0.278. The SMILES string of the molecule is [2H][C@]1(C)CCOC1. The standard InChI is InChI=1S/C5H10O/c1-5-2-3-6-4-5/h5H,2-4H2,1H3/t5-/m0/s1/i5D. The average molecular weight is 87.1 g/mol. The van der Waals surface area contributed by atoms with Crippen LogP contribution in [0.5, 0.6) is 0 Å². The van der Waals surface area contributed by atoms with E-state index in [1.54, 1.807) is 0 Å². The zero-order chi connectivity index (χ0) is 5.33. The van der Waals surface area contributed by atoms with Gasteiger partial charge in [0.2, 0.25) is 0 Å². The van der Waals surface area contributed by atoms with Gasteiger partial charge in [-0.15, -0.1) is 0 Å². The van der Waals surface area contributed by atoms with Crippen LogP contribution in [0, 0.1) is 5.89 Å². The molecule has 0 amide bonds. The number of hydrogen-bond donors (Lipinski definition) is 0. The highest BCUT2D eigenvalue weighted by molar-refractivity contribution is 4.55. The van der Waals surface area contributed by atoms with E-state index in [-0.39, 0.29) is 5.89 Å². The summed E-state index contributed by atoms with van der Waals surface area (Å²) in [4.78, 5) is 0. The molecule has 1 atom stereocenters. The van der Waals surface area contributed by atoms with Gasteiger partial charge in [0.05, 0.1) is 0 Å². The Labute approximate surface area is 39.7 Å². The smallest absolute Gasteiger partial charge is 0.0492 e. The largest absolute Gasteiger partial charge is 0.381 e. The van der Waals surface area contributed by atoms with Gasteiger partial charge in [-0.25, -0.2) is 0 Å². The summed E-state index contributed by atoms with van der Waals surface area (Å²) in [5.41, 5.74) is 0. The third-order valence-corrected chi connectivity index (χ3v) is 1.02. The normalized spacial score (nSPS) is 49.2. The fourth-order valence-electron chi connectivity index (χ4n) is 0.565. The molecule has 0 unspecified atom stereocenters. The van der Waals surface area contributed by atoms with E-state index in [4.69, 9.17) is 6.11 Å². The predicted octanol–water partition coefficient (Wildman–Crippen LogP) is 1.04. The summed E-state index contributed by atoms with van der Waals surface area (Å²) in [5, 5.41) is 0. The van der Waals surface area contributed by atoms with Crippen molar-refractivity contribution in [3.05, 3.63) is 0 Å². The Bertz CT molecular complexity index is 62.5. The molecular weight excluding hydrogens is 76.1 g/mol. The van der Waals surface area contributed by atoms with Gasteiger partial charge < -0.3 is 4.74 Å². The third kappa shape index (κ3) is 0.716. The summed E-state index contributed by atoms with van der Waals surface area (Å²) in [7, 11) is 0. The van der Waals surface area contributed by atoms with Crippen molar-refractivity contribution in [3.8, 4) is 0 Å². The molecule has 1 saturated heterocycles.